The Labute approximate surface area is 110 Å². The van der Waals surface area contributed by atoms with E-state index in [4.69, 9.17) is 0 Å². The summed E-state index contributed by atoms with van der Waals surface area (Å²) in [5, 5.41) is 3.24. The van der Waals surface area contributed by atoms with Crippen molar-refractivity contribution in [2.24, 2.45) is 5.92 Å². The van der Waals surface area contributed by atoms with E-state index >= 15 is 0 Å². The van der Waals surface area contributed by atoms with Crippen LogP contribution < -0.4 is 5.32 Å². The molecule has 0 saturated carbocycles. The molecule has 4 nitrogen and oxygen atoms in total. The second-order valence-electron chi connectivity index (χ2n) is 5.21. The zero-order valence-electron chi connectivity index (χ0n) is 11.5. The lowest BCUT2D eigenvalue weighted by molar-refractivity contribution is 0.170. The molecular formula is C14H24N4. The standard InChI is InChI=1S/C14H24N4/c1-12-16-8-4-14(17-12)11-18-9-5-13(6-10-18)3-7-15-2/h4,8,13,15H,3,5-7,9-11H2,1-2H3. The molecule has 0 amide bonds. The van der Waals surface area contributed by atoms with Gasteiger partial charge in [0.05, 0.1) is 5.69 Å². The third-order valence-corrected chi connectivity index (χ3v) is 3.73. The molecule has 1 aliphatic heterocycles. The first kappa shape index (κ1) is 13.4. The first-order valence-electron chi connectivity index (χ1n) is 6.93. The zero-order valence-corrected chi connectivity index (χ0v) is 11.5. The summed E-state index contributed by atoms with van der Waals surface area (Å²) in [7, 11) is 2.03. The Morgan fingerprint density at radius 3 is 2.83 bits per heavy atom. The second kappa shape index (κ2) is 6.81. The predicted molar refractivity (Wildman–Crippen MR) is 73.3 cm³/mol. The van der Waals surface area contributed by atoms with E-state index in [0.717, 1.165) is 30.5 Å². The normalized spacial score (nSPS) is 18.1. The van der Waals surface area contributed by atoms with Crippen LogP contribution in [0.1, 0.15) is 30.8 Å². The summed E-state index contributed by atoms with van der Waals surface area (Å²) in [5.74, 6) is 1.78. The topological polar surface area (TPSA) is 41.0 Å². The van der Waals surface area contributed by atoms with Crippen LogP contribution in [0.2, 0.25) is 0 Å². The Kier molecular flexibility index (Phi) is 5.08. The second-order valence-corrected chi connectivity index (χ2v) is 5.21. The number of aromatic nitrogens is 2. The largest absolute Gasteiger partial charge is 0.320 e. The van der Waals surface area contributed by atoms with E-state index in [0.29, 0.717) is 0 Å². The molecule has 1 saturated heterocycles. The first-order valence-corrected chi connectivity index (χ1v) is 6.93. The molecule has 0 aliphatic carbocycles. The fraction of sp³-hybridized carbons (Fsp3) is 0.714. The van der Waals surface area contributed by atoms with Crippen LogP contribution >= 0.6 is 0 Å². The van der Waals surface area contributed by atoms with E-state index in [-0.39, 0.29) is 0 Å². The minimum absolute atomic E-state index is 0.872. The number of piperidine rings is 1. The van der Waals surface area contributed by atoms with E-state index in [1.807, 2.05) is 26.2 Å². The number of nitrogens with one attached hydrogen (secondary N) is 1. The molecule has 18 heavy (non-hydrogen) atoms. The zero-order chi connectivity index (χ0) is 12.8. The molecule has 0 aromatic carbocycles. The van der Waals surface area contributed by atoms with Gasteiger partial charge in [-0.25, -0.2) is 9.97 Å². The van der Waals surface area contributed by atoms with Gasteiger partial charge in [-0.2, -0.15) is 0 Å². The number of rotatable bonds is 5. The third-order valence-electron chi connectivity index (χ3n) is 3.73. The van der Waals surface area contributed by atoms with Crippen molar-refractivity contribution in [1.29, 1.82) is 0 Å². The van der Waals surface area contributed by atoms with Gasteiger partial charge in [0.25, 0.3) is 0 Å². The van der Waals surface area contributed by atoms with E-state index in [1.54, 1.807) is 0 Å². The van der Waals surface area contributed by atoms with Gasteiger partial charge in [0.2, 0.25) is 0 Å². The smallest absolute Gasteiger partial charge is 0.125 e. The first-order chi connectivity index (χ1) is 8.78. The summed E-state index contributed by atoms with van der Waals surface area (Å²) in [6.07, 6.45) is 5.83. The molecule has 2 rings (SSSR count). The molecule has 0 atom stereocenters. The average molecular weight is 248 g/mol. The lowest BCUT2D eigenvalue weighted by Gasteiger charge is -2.31. The van der Waals surface area contributed by atoms with Gasteiger partial charge >= 0.3 is 0 Å². The van der Waals surface area contributed by atoms with E-state index in [2.05, 4.69) is 20.2 Å². The number of aryl methyl sites for hydroxylation is 1. The SMILES string of the molecule is CNCCC1CCN(Cc2ccnc(C)n2)CC1. The van der Waals surface area contributed by atoms with Crippen molar-refractivity contribution in [3.63, 3.8) is 0 Å². The van der Waals surface area contributed by atoms with Crippen LogP contribution in [0.5, 0.6) is 0 Å². The van der Waals surface area contributed by atoms with Crippen LogP contribution in [0.3, 0.4) is 0 Å². The Bertz CT molecular complexity index is 359. The van der Waals surface area contributed by atoms with Gasteiger partial charge in [0.1, 0.15) is 5.82 Å². The summed E-state index contributed by atoms with van der Waals surface area (Å²) < 4.78 is 0. The number of likely N-dealkylation sites (tertiary alicyclic amines) is 1. The fourth-order valence-electron chi connectivity index (χ4n) is 2.60. The average Bonchev–Trinajstić information content (AvgIpc) is 2.38. The van der Waals surface area contributed by atoms with Crippen LogP contribution in [0.25, 0.3) is 0 Å². The summed E-state index contributed by atoms with van der Waals surface area (Å²) >= 11 is 0. The molecule has 0 radical (unpaired) electrons. The highest BCUT2D eigenvalue weighted by Gasteiger charge is 2.18. The van der Waals surface area contributed by atoms with Gasteiger partial charge in [0, 0.05) is 12.7 Å². The van der Waals surface area contributed by atoms with Crippen molar-refractivity contribution >= 4 is 0 Å². The van der Waals surface area contributed by atoms with Crippen LogP contribution in [-0.2, 0) is 6.54 Å². The third kappa shape index (κ3) is 4.03. The van der Waals surface area contributed by atoms with Crippen LogP contribution in [0.4, 0.5) is 0 Å². The van der Waals surface area contributed by atoms with Gasteiger partial charge in [0.15, 0.2) is 0 Å². The van der Waals surface area contributed by atoms with Crippen molar-refractivity contribution < 1.29 is 0 Å². The van der Waals surface area contributed by atoms with Crippen molar-refractivity contribution in [2.75, 3.05) is 26.7 Å². The molecule has 1 aromatic rings. The molecule has 1 aliphatic rings. The van der Waals surface area contributed by atoms with Gasteiger partial charge in [-0.1, -0.05) is 0 Å². The van der Waals surface area contributed by atoms with Gasteiger partial charge < -0.3 is 5.32 Å². The van der Waals surface area contributed by atoms with Gasteiger partial charge in [-0.3, -0.25) is 4.90 Å². The van der Waals surface area contributed by atoms with Gasteiger partial charge in [-0.05, 0) is 64.9 Å². The summed E-state index contributed by atoms with van der Waals surface area (Å²) in [4.78, 5) is 11.1. The number of hydrogen-bond donors (Lipinski definition) is 1. The Morgan fingerprint density at radius 2 is 2.17 bits per heavy atom. The quantitative estimate of drug-likeness (QED) is 0.859. The highest BCUT2D eigenvalue weighted by molar-refractivity contribution is 5.01. The minimum atomic E-state index is 0.872. The van der Waals surface area contributed by atoms with Crippen molar-refractivity contribution in [1.82, 2.24) is 20.2 Å². The maximum absolute atomic E-state index is 4.47. The molecule has 1 N–H and O–H groups in total. The molecule has 4 heteroatoms. The van der Waals surface area contributed by atoms with Crippen LogP contribution in [-0.4, -0.2) is 41.5 Å². The molecule has 0 bridgehead atoms. The highest BCUT2D eigenvalue weighted by atomic mass is 15.1. The fourth-order valence-corrected chi connectivity index (χ4v) is 2.60. The monoisotopic (exact) mass is 248 g/mol. The van der Waals surface area contributed by atoms with E-state index in [9.17, 15) is 0 Å². The highest BCUT2D eigenvalue weighted by Crippen LogP contribution is 2.20. The van der Waals surface area contributed by atoms with Crippen molar-refractivity contribution in [2.45, 2.75) is 32.7 Å². The number of nitrogens with zero attached hydrogens (tertiary/aromatic N) is 3. The molecule has 100 valence electrons. The van der Waals surface area contributed by atoms with Crippen LogP contribution in [0, 0.1) is 12.8 Å². The molecule has 2 heterocycles. The molecule has 0 unspecified atom stereocenters. The summed E-state index contributed by atoms with van der Waals surface area (Å²) in [6.45, 7) is 6.49. The van der Waals surface area contributed by atoms with Crippen LogP contribution in [0.15, 0.2) is 12.3 Å². The minimum Gasteiger partial charge on any atom is -0.320 e. The van der Waals surface area contributed by atoms with Gasteiger partial charge in [-0.15, -0.1) is 0 Å². The maximum Gasteiger partial charge on any atom is 0.125 e. The maximum atomic E-state index is 4.47. The van der Waals surface area contributed by atoms with E-state index in [1.165, 1.54) is 32.4 Å². The summed E-state index contributed by atoms with van der Waals surface area (Å²) in [6, 6.07) is 2.03. The molecule has 0 spiro atoms. The lowest BCUT2D eigenvalue weighted by atomic mass is 9.93. The Hall–Kier alpha value is -1.00. The van der Waals surface area contributed by atoms with E-state index < -0.39 is 0 Å². The van der Waals surface area contributed by atoms with Crippen molar-refractivity contribution in [3.05, 3.63) is 23.8 Å². The van der Waals surface area contributed by atoms with Crippen molar-refractivity contribution in [3.8, 4) is 0 Å². The number of hydrogen-bond acceptors (Lipinski definition) is 4. The summed E-state index contributed by atoms with van der Waals surface area (Å²) in [5.41, 5.74) is 1.15. The Morgan fingerprint density at radius 1 is 1.39 bits per heavy atom. The molecular weight excluding hydrogens is 224 g/mol. The Balaban J connectivity index is 1.76. The predicted octanol–water partition coefficient (Wildman–Crippen LogP) is 1.61. The molecule has 1 aromatic heterocycles. The lowest BCUT2D eigenvalue weighted by Crippen LogP contribution is -2.34. The molecule has 1 fully saturated rings.